The van der Waals surface area contributed by atoms with Gasteiger partial charge in [-0.25, -0.2) is 14.4 Å². The van der Waals surface area contributed by atoms with Crippen LogP contribution in [-0.2, 0) is 20.8 Å². The van der Waals surface area contributed by atoms with Gasteiger partial charge in [-0.2, -0.15) is 4.37 Å². The number of aromatic nitrogens is 2. The fraction of sp³-hybridized carbons (Fsp3) is 0.375. The van der Waals surface area contributed by atoms with Gasteiger partial charge < -0.3 is 15.1 Å². The minimum absolute atomic E-state index is 0.0877. The van der Waals surface area contributed by atoms with Gasteiger partial charge in [0, 0.05) is 50.0 Å². The highest BCUT2D eigenvalue weighted by molar-refractivity contribution is 7.13. The summed E-state index contributed by atoms with van der Waals surface area (Å²) in [6.45, 7) is 5.48. The van der Waals surface area contributed by atoms with Crippen molar-refractivity contribution in [3.05, 3.63) is 48.3 Å². The molecule has 1 aromatic carbocycles. The third kappa shape index (κ3) is 5.71. The van der Waals surface area contributed by atoms with Crippen molar-refractivity contribution < 1.29 is 29.4 Å². The summed E-state index contributed by atoms with van der Waals surface area (Å²) in [6.07, 6.45) is 3.87. The average Bonchev–Trinajstić information content (AvgIpc) is 3.51. The van der Waals surface area contributed by atoms with E-state index in [1.54, 1.807) is 22.3 Å². The number of amides is 2. The van der Waals surface area contributed by atoms with E-state index >= 15 is 0 Å². The number of hydrogen-bond donors (Lipinski definition) is 2. The quantitative estimate of drug-likeness (QED) is 0.375. The van der Waals surface area contributed by atoms with Gasteiger partial charge in [-0.1, -0.05) is 12.1 Å². The van der Waals surface area contributed by atoms with Gasteiger partial charge in [-0.05, 0) is 55.2 Å². The lowest BCUT2D eigenvalue weighted by Crippen LogP contribution is -2.47. The number of aliphatic carboxylic acids is 2. The predicted octanol–water partition coefficient (Wildman–Crippen LogP) is 2.21. The van der Waals surface area contributed by atoms with Gasteiger partial charge in [0.05, 0.1) is 11.1 Å². The summed E-state index contributed by atoms with van der Waals surface area (Å²) in [5.74, 6) is -2.62. The summed E-state index contributed by atoms with van der Waals surface area (Å²) in [7, 11) is 0. The molecule has 1 saturated heterocycles. The van der Waals surface area contributed by atoms with E-state index in [4.69, 9.17) is 19.8 Å². The molecule has 2 aliphatic rings. The first-order valence-corrected chi connectivity index (χ1v) is 12.4. The number of piperazine rings is 1. The number of nitrogens with zero attached hydrogens (tertiary/aromatic N) is 5. The van der Waals surface area contributed by atoms with Gasteiger partial charge in [0.15, 0.2) is 0 Å². The molecule has 2 aliphatic heterocycles. The topological polar surface area (TPSA) is 136 Å². The number of carbonyl (C=O) groups excluding carboxylic acids is 2. The molecule has 5 rings (SSSR count). The Kier molecular flexibility index (Phi) is 7.96. The number of rotatable bonds is 6. The van der Waals surface area contributed by atoms with Crippen LogP contribution in [0.4, 0.5) is 10.6 Å². The highest BCUT2D eigenvalue weighted by atomic mass is 32.1. The fourth-order valence-corrected chi connectivity index (χ4v) is 5.14. The number of anilines is 1. The van der Waals surface area contributed by atoms with Gasteiger partial charge in [0.2, 0.25) is 5.91 Å². The summed E-state index contributed by atoms with van der Waals surface area (Å²) in [4.78, 5) is 49.2. The summed E-state index contributed by atoms with van der Waals surface area (Å²) in [5.41, 5.74) is 0.784. The van der Waals surface area contributed by atoms with Gasteiger partial charge in [-0.15, -0.1) is 0 Å². The zero-order valence-electron chi connectivity index (χ0n) is 19.6. The number of unbranched alkanes of at least 4 members (excludes halogenated alkanes) is 1. The van der Waals surface area contributed by atoms with Crippen molar-refractivity contribution in [1.29, 1.82) is 0 Å². The van der Waals surface area contributed by atoms with Crippen molar-refractivity contribution in [2.45, 2.75) is 19.3 Å². The van der Waals surface area contributed by atoms with Crippen LogP contribution in [0.15, 0.2) is 42.6 Å². The molecule has 11 nitrogen and oxygen atoms in total. The van der Waals surface area contributed by atoms with Crippen molar-refractivity contribution in [2.24, 2.45) is 0 Å². The molecule has 0 unspecified atom stereocenters. The molecule has 0 saturated carbocycles. The summed E-state index contributed by atoms with van der Waals surface area (Å²) in [6, 6.07) is 11.9. The number of carboxylic acid groups (broad SMARTS) is 2. The lowest BCUT2D eigenvalue weighted by Gasteiger charge is -2.35. The molecule has 0 atom stereocenters. The molecule has 4 heterocycles. The second-order valence-corrected chi connectivity index (χ2v) is 9.33. The summed E-state index contributed by atoms with van der Waals surface area (Å²) >= 11 is 1.57. The minimum Gasteiger partial charge on any atom is -0.473 e. The van der Waals surface area contributed by atoms with E-state index in [9.17, 15) is 9.59 Å². The highest BCUT2D eigenvalue weighted by Crippen LogP contribution is 2.29. The summed E-state index contributed by atoms with van der Waals surface area (Å²) < 4.78 is 7.50. The number of benzene rings is 1. The molecule has 2 N–H and O–H groups in total. The molecule has 3 aromatic rings. The SMILES string of the molecule is O=C(O)C(=O)O.O=C1Cc2cccn2C(=O)N1CCCCN1CCN(c2nsc3ccccc23)CC1. The molecule has 1 fully saturated rings. The fourth-order valence-electron chi connectivity index (χ4n) is 4.34. The number of carbonyl (C=O) groups is 4. The first kappa shape index (κ1) is 25.3. The van der Waals surface area contributed by atoms with Crippen LogP contribution in [0.3, 0.4) is 0 Å². The van der Waals surface area contributed by atoms with Crippen LogP contribution in [0.2, 0.25) is 0 Å². The van der Waals surface area contributed by atoms with Gasteiger partial charge in [0.25, 0.3) is 0 Å². The standard InChI is InChI=1S/C22H25N5O2S.C2H2O4/c28-20-16-17-6-5-11-26(17)22(29)27(20)10-4-3-9-24-12-14-25(15-13-24)21-18-7-1-2-8-19(18)30-23-21;3-1(4)2(5)6/h1-2,5-8,11H,3-4,9-10,12-16H2;(H,3,4)(H,5,6). The van der Waals surface area contributed by atoms with Crippen LogP contribution in [0.5, 0.6) is 0 Å². The third-order valence-corrected chi connectivity index (χ3v) is 7.04. The van der Waals surface area contributed by atoms with Crippen LogP contribution >= 0.6 is 11.5 Å². The smallest absolute Gasteiger partial charge is 0.414 e. The van der Waals surface area contributed by atoms with Crippen molar-refractivity contribution in [3.63, 3.8) is 0 Å². The largest absolute Gasteiger partial charge is 0.473 e. The average molecular weight is 514 g/mol. The van der Waals surface area contributed by atoms with E-state index in [1.807, 2.05) is 12.1 Å². The van der Waals surface area contributed by atoms with Crippen molar-refractivity contribution in [2.75, 3.05) is 44.2 Å². The Morgan fingerprint density at radius 2 is 1.61 bits per heavy atom. The molecule has 36 heavy (non-hydrogen) atoms. The van der Waals surface area contributed by atoms with Crippen LogP contribution in [0, 0.1) is 0 Å². The Hall–Kier alpha value is -3.77. The van der Waals surface area contributed by atoms with Crippen molar-refractivity contribution in [3.8, 4) is 0 Å². The van der Waals surface area contributed by atoms with Crippen LogP contribution in [0.1, 0.15) is 18.5 Å². The number of imide groups is 1. The monoisotopic (exact) mass is 513 g/mol. The molecule has 0 radical (unpaired) electrons. The predicted molar refractivity (Wildman–Crippen MR) is 133 cm³/mol. The van der Waals surface area contributed by atoms with E-state index in [0.717, 1.165) is 57.1 Å². The second-order valence-electron chi connectivity index (χ2n) is 8.52. The molecule has 0 aliphatic carbocycles. The van der Waals surface area contributed by atoms with E-state index < -0.39 is 11.9 Å². The Morgan fingerprint density at radius 1 is 0.917 bits per heavy atom. The van der Waals surface area contributed by atoms with Crippen LogP contribution in [-0.4, -0.2) is 92.1 Å². The third-order valence-electron chi connectivity index (χ3n) is 6.22. The van der Waals surface area contributed by atoms with Gasteiger partial charge >= 0.3 is 18.0 Å². The maximum absolute atomic E-state index is 12.5. The Bertz CT molecular complexity index is 1250. The maximum atomic E-state index is 12.5. The molecular formula is C24H27N5O6S. The van der Waals surface area contributed by atoms with Crippen LogP contribution in [0.25, 0.3) is 10.1 Å². The zero-order chi connectivity index (χ0) is 25.7. The first-order valence-electron chi connectivity index (χ1n) is 11.6. The molecule has 2 aromatic heterocycles. The Balaban J connectivity index is 0.000000455. The lowest BCUT2D eigenvalue weighted by molar-refractivity contribution is -0.159. The molecule has 12 heteroatoms. The van der Waals surface area contributed by atoms with Crippen molar-refractivity contribution in [1.82, 2.24) is 18.7 Å². The molecule has 2 amide bonds. The second kappa shape index (κ2) is 11.3. The number of fused-ring (bicyclic) bond motifs is 2. The molecule has 190 valence electrons. The Morgan fingerprint density at radius 3 is 2.33 bits per heavy atom. The maximum Gasteiger partial charge on any atom is 0.414 e. The molecule has 0 bridgehead atoms. The zero-order valence-corrected chi connectivity index (χ0v) is 20.4. The first-order chi connectivity index (χ1) is 17.3. The molecule has 0 spiro atoms. The van der Waals surface area contributed by atoms with E-state index in [2.05, 4.69) is 38.4 Å². The van der Waals surface area contributed by atoms with E-state index in [1.165, 1.54) is 15.0 Å². The number of carboxylic acids is 2. The lowest BCUT2D eigenvalue weighted by atomic mass is 10.2. The normalized spacial score (nSPS) is 16.0. The number of hydrogen-bond acceptors (Lipinski definition) is 8. The Labute approximate surface area is 211 Å². The van der Waals surface area contributed by atoms with E-state index in [-0.39, 0.29) is 11.9 Å². The highest BCUT2D eigenvalue weighted by Gasteiger charge is 2.29. The van der Waals surface area contributed by atoms with Crippen LogP contribution < -0.4 is 4.90 Å². The van der Waals surface area contributed by atoms with Gasteiger partial charge in [-0.3, -0.25) is 19.2 Å². The molecular weight excluding hydrogens is 486 g/mol. The van der Waals surface area contributed by atoms with Gasteiger partial charge in [0.1, 0.15) is 5.82 Å². The van der Waals surface area contributed by atoms with Crippen molar-refractivity contribution >= 4 is 51.3 Å². The minimum atomic E-state index is -1.82. The summed E-state index contributed by atoms with van der Waals surface area (Å²) in [5, 5.41) is 16.0. The van der Waals surface area contributed by atoms with E-state index in [0.29, 0.717) is 13.0 Å².